The number of anilines is 1. The normalized spacial score (nSPS) is 12.7. The number of rotatable bonds is 4. The lowest BCUT2D eigenvalue weighted by Gasteiger charge is -2.18. The van der Waals surface area contributed by atoms with Crippen molar-refractivity contribution in [3.8, 4) is 5.75 Å². The summed E-state index contributed by atoms with van der Waals surface area (Å²) in [6.45, 7) is 0.471. The Balaban J connectivity index is 1.35. The number of aromatic nitrogens is 3. The van der Waals surface area contributed by atoms with Crippen molar-refractivity contribution >= 4 is 34.9 Å². The van der Waals surface area contributed by atoms with E-state index in [0.29, 0.717) is 34.2 Å². The van der Waals surface area contributed by atoms with Crippen molar-refractivity contribution in [1.82, 2.24) is 14.2 Å². The molecule has 5 rings (SSSR count). The summed E-state index contributed by atoms with van der Waals surface area (Å²) in [5.74, 6) is 0.438. The Kier molecular flexibility index (Phi) is 4.80. The number of fused-ring (bicyclic) bond motifs is 2. The van der Waals surface area contributed by atoms with Crippen LogP contribution in [0.1, 0.15) is 11.1 Å². The molecule has 2 aromatic carbocycles. The molecule has 2 aromatic heterocycles. The van der Waals surface area contributed by atoms with Crippen LogP contribution in [0.15, 0.2) is 77.2 Å². The van der Waals surface area contributed by atoms with Crippen LogP contribution in [0.5, 0.6) is 5.75 Å². The number of ether oxygens (including phenoxy) is 1. The van der Waals surface area contributed by atoms with Crippen LogP contribution in [-0.4, -0.2) is 26.7 Å². The third kappa shape index (κ3) is 3.83. The Labute approximate surface area is 182 Å². The van der Waals surface area contributed by atoms with Gasteiger partial charge in [0.25, 0.3) is 5.91 Å². The number of nitrogens with one attached hydrogen (secondary N) is 1. The molecule has 0 radical (unpaired) electrons. The van der Waals surface area contributed by atoms with Crippen LogP contribution in [0.3, 0.4) is 0 Å². The number of hydrogen-bond acceptors (Lipinski definition) is 4. The molecule has 4 aromatic rings. The molecular formula is C23H17ClN4O3. The average Bonchev–Trinajstić information content (AvgIpc) is 3.09. The SMILES string of the molecule is O=C(Nc1cccc(Cn2nc3ccccn3c2=O)c1)C1=Cc2cc(Cl)ccc2OC1. The van der Waals surface area contributed by atoms with E-state index in [4.69, 9.17) is 16.3 Å². The number of hydrogen-bond donors (Lipinski definition) is 1. The van der Waals surface area contributed by atoms with Gasteiger partial charge in [0.2, 0.25) is 0 Å². The third-order valence-corrected chi connectivity index (χ3v) is 5.22. The first-order valence-corrected chi connectivity index (χ1v) is 10.0. The van der Waals surface area contributed by atoms with Crippen LogP contribution in [-0.2, 0) is 11.3 Å². The van der Waals surface area contributed by atoms with E-state index < -0.39 is 0 Å². The van der Waals surface area contributed by atoms with Gasteiger partial charge in [0.15, 0.2) is 5.65 Å². The van der Waals surface area contributed by atoms with Gasteiger partial charge < -0.3 is 10.1 Å². The molecule has 0 saturated heterocycles. The van der Waals surface area contributed by atoms with E-state index in [0.717, 1.165) is 11.1 Å². The monoisotopic (exact) mass is 432 g/mol. The van der Waals surface area contributed by atoms with Gasteiger partial charge in [0, 0.05) is 22.5 Å². The van der Waals surface area contributed by atoms with Gasteiger partial charge >= 0.3 is 5.69 Å². The molecule has 3 heterocycles. The van der Waals surface area contributed by atoms with E-state index in [-0.39, 0.29) is 18.2 Å². The molecule has 1 amide bonds. The highest BCUT2D eigenvalue weighted by Crippen LogP contribution is 2.29. The fraction of sp³-hybridized carbons (Fsp3) is 0.0870. The van der Waals surface area contributed by atoms with E-state index in [2.05, 4.69) is 10.4 Å². The molecule has 0 spiro atoms. The summed E-state index contributed by atoms with van der Waals surface area (Å²) in [6, 6.07) is 18.0. The maximum Gasteiger partial charge on any atom is 0.350 e. The second-order valence-electron chi connectivity index (χ2n) is 7.16. The lowest BCUT2D eigenvalue weighted by atomic mass is 10.1. The van der Waals surface area contributed by atoms with Crippen LogP contribution in [0, 0.1) is 0 Å². The quantitative estimate of drug-likeness (QED) is 0.534. The van der Waals surface area contributed by atoms with Gasteiger partial charge in [-0.05, 0) is 54.1 Å². The van der Waals surface area contributed by atoms with Crippen LogP contribution >= 0.6 is 11.6 Å². The molecular weight excluding hydrogens is 416 g/mol. The molecule has 1 aliphatic rings. The fourth-order valence-electron chi connectivity index (χ4n) is 3.48. The summed E-state index contributed by atoms with van der Waals surface area (Å²) >= 11 is 6.04. The Bertz CT molecular complexity index is 1400. The van der Waals surface area contributed by atoms with E-state index >= 15 is 0 Å². The Morgan fingerprint density at radius 1 is 1.13 bits per heavy atom. The number of nitrogens with zero attached hydrogens (tertiary/aromatic N) is 3. The average molecular weight is 433 g/mol. The predicted molar refractivity (Wildman–Crippen MR) is 119 cm³/mol. The minimum Gasteiger partial charge on any atom is -0.488 e. The highest BCUT2D eigenvalue weighted by atomic mass is 35.5. The smallest absolute Gasteiger partial charge is 0.350 e. The first kappa shape index (κ1) is 19.1. The first-order valence-electron chi connectivity index (χ1n) is 9.64. The lowest BCUT2D eigenvalue weighted by molar-refractivity contribution is -0.113. The summed E-state index contributed by atoms with van der Waals surface area (Å²) in [7, 11) is 0. The zero-order valence-electron chi connectivity index (χ0n) is 16.3. The zero-order chi connectivity index (χ0) is 21.4. The second-order valence-corrected chi connectivity index (χ2v) is 7.60. The summed E-state index contributed by atoms with van der Waals surface area (Å²) < 4.78 is 8.55. The molecule has 7 nitrogen and oxygen atoms in total. The molecule has 31 heavy (non-hydrogen) atoms. The van der Waals surface area contributed by atoms with Gasteiger partial charge in [-0.2, -0.15) is 0 Å². The van der Waals surface area contributed by atoms with Crippen molar-refractivity contribution in [3.63, 3.8) is 0 Å². The topological polar surface area (TPSA) is 77.6 Å². The number of pyridine rings is 1. The summed E-state index contributed by atoms with van der Waals surface area (Å²) in [4.78, 5) is 25.2. The molecule has 0 saturated carbocycles. The molecule has 0 fully saturated rings. The Morgan fingerprint density at radius 3 is 2.90 bits per heavy atom. The number of halogens is 1. The van der Waals surface area contributed by atoms with Crippen LogP contribution in [0.2, 0.25) is 5.02 Å². The van der Waals surface area contributed by atoms with Gasteiger partial charge in [-0.25, -0.2) is 9.48 Å². The van der Waals surface area contributed by atoms with Crippen molar-refractivity contribution < 1.29 is 9.53 Å². The van der Waals surface area contributed by atoms with Crippen molar-refractivity contribution in [1.29, 1.82) is 0 Å². The number of carbonyl (C=O) groups is 1. The second kappa shape index (κ2) is 7.77. The molecule has 8 heteroatoms. The summed E-state index contributed by atoms with van der Waals surface area (Å²) in [5.41, 5.74) is 3.10. The van der Waals surface area contributed by atoms with Crippen LogP contribution in [0.4, 0.5) is 5.69 Å². The molecule has 0 atom stereocenters. The van der Waals surface area contributed by atoms with Gasteiger partial charge in [-0.3, -0.25) is 9.20 Å². The number of amides is 1. The van der Waals surface area contributed by atoms with E-state index in [1.54, 1.807) is 48.7 Å². The van der Waals surface area contributed by atoms with Crippen molar-refractivity contribution in [2.45, 2.75) is 6.54 Å². The van der Waals surface area contributed by atoms with Gasteiger partial charge in [0.1, 0.15) is 12.4 Å². The lowest BCUT2D eigenvalue weighted by Crippen LogP contribution is -2.22. The van der Waals surface area contributed by atoms with Crippen LogP contribution in [0.25, 0.3) is 11.7 Å². The van der Waals surface area contributed by atoms with Gasteiger partial charge in [-0.1, -0.05) is 29.8 Å². The standard InChI is InChI=1S/C23H17ClN4O3/c24-18-7-8-20-16(12-18)11-17(14-31-20)22(29)25-19-5-3-4-15(10-19)13-28-23(30)27-9-2-1-6-21(27)26-28/h1-12H,13-14H2,(H,25,29). The van der Waals surface area contributed by atoms with Crippen molar-refractivity contribution in [2.24, 2.45) is 0 Å². The first-order chi connectivity index (χ1) is 15.1. The van der Waals surface area contributed by atoms with E-state index in [1.807, 2.05) is 24.3 Å². The molecule has 1 aliphatic heterocycles. The minimum absolute atomic E-state index is 0.177. The largest absolute Gasteiger partial charge is 0.488 e. The summed E-state index contributed by atoms with van der Waals surface area (Å²) in [5, 5.41) is 7.81. The third-order valence-electron chi connectivity index (χ3n) is 4.98. The zero-order valence-corrected chi connectivity index (χ0v) is 17.0. The minimum atomic E-state index is -0.257. The number of carbonyl (C=O) groups excluding carboxylic acids is 1. The molecule has 154 valence electrons. The summed E-state index contributed by atoms with van der Waals surface area (Å²) in [6.07, 6.45) is 3.46. The van der Waals surface area contributed by atoms with E-state index in [1.165, 1.54) is 9.08 Å². The molecule has 1 N–H and O–H groups in total. The molecule has 0 bridgehead atoms. The van der Waals surface area contributed by atoms with Gasteiger partial charge in [0.05, 0.1) is 12.1 Å². The Hall–Kier alpha value is -3.84. The predicted octanol–water partition coefficient (Wildman–Crippen LogP) is 3.61. The van der Waals surface area contributed by atoms with E-state index in [9.17, 15) is 9.59 Å². The molecule has 0 unspecified atom stereocenters. The van der Waals surface area contributed by atoms with Crippen molar-refractivity contribution in [2.75, 3.05) is 11.9 Å². The Morgan fingerprint density at radius 2 is 2.03 bits per heavy atom. The highest BCUT2D eigenvalue weighted by molar-refractivity contribution is 6.30. The molecule has 0 aliphatic carbocycles. The van der Waals surface area contributed by atoms with Gasteiger partial charge in [-0.15, -0.1) is 5.10 Å². The maximum atomic E-state index is 12.7. The number of benzene rings is 2. The fourth-order valence-corrected chi connectivity index (χ4v) is 3.66. The maximum absolute atomic E-state index is 12.7. The van der Waals surface area contributed by atoms with Crippen LogP contribution < -0.4 is 15.7 Å². The highest BCUT2D eigenvalue weighted by Gasteiger charge is 2.18. The van der Waals surface area contributed by atoms with Crippen molar-refractivity contribution in [3.05, 3.63) is 99.1 Å².